The standard InChI is InChI=1S/C11H13ClN2O4/c1-13(5-4-11(15)16)7-8-6-9(14(17)18)2-3-10(8)12/h2-3,6H,4-5,7H2,1H3,(H,15,16). The lowest BCUT2D eigenvalue weighted by Gasteiger charge is -2.16. The molecular weight excluding hydrogens is 260 g/mol. The second kappa shape index (κ2) is 6.32. The zero-order valence-electron chi connectivity index (χ0n) is 9.80. The molecule has 0 radical (unpaired) electrons. The first kappa shape index (κ1) is 14.4. The monoisotopic (exact) mass is 272 g/mol. The van der Waals surface area contributed by atoms with Crippen LogP contribution in [0.3, 0.4) is 0 Å². The molecule has 0 aromatic heterocycles. The van der Waals surface area contributed by atoms with Gasteiger partial charge in [-0.25, -0.2) is 0 Å². The van der Waals surface area contributed by atoms with Crippen molar-refractivity contribution in [2.75, 3.05) is 13.6 Å². The second-order valence-electron chi connectivity index (χ2n) is 3.91. The number of nitrogens with zero attached hydrogens (tertiary/aromatic N) is 2. The fourth-order valence-electron chi connectivity index (χ4n) is 1.45. The summed E-state index contributed by atoms with van der Waals surface area (Å²) in [5.41, 5.74) is 0.583. The van der Waals surface area contributed by atoms with Crippen molar-refractivity contribution >= 4 is 23.3 Å². The number of carboxylic acid groups (broad SMARTS) is 1. The molecule has 98 valence electrons. The molecule has 0 heterocycles. The first-order valence-electron chi connectivity index (χ1n) is 5.23. The van der Waals surface area contributed by atoms with Gasteiger partial charge in [0.15, 0.2) is 0 Å². The van der Waals surface area contributed by atoms with E-state index in [-0.39, 0.29) is 12.1 Å². The van der Waals surface area contributed by atoms with E-state index in [2.05, 4.69) is 0 Å². The van der Waals surface area contributed by atoms with Crippen LogP contribution in [0.4, 0.5) is 5.69 Å². The Balaban J connectivity index is 2.73. The van der Waals surface area contributed by atoms with Crippen LogP contribution in [-0.4, -0.2) is 34.5 Å². The van der Waals surface area contributed by atoms with Gasteiger partial charge in [0.25, 0.3) is 5.69 Å². The van der Waals surface area contributed by atoms with E-state index in [4.69, 9.17) is 16.7 Å². The lowest BCUT2D eigenvalue weighted by Crippen LogP contribution is -2.21. The Kier molecular flexibility index (Phi) is 5.06. The van der Waals surface area contributed by atoms with E-state index in [1.807, 2.05) is 0 Å². The zero-order chi connectivity index (χ0) is 13.7. The third kappa shape index (κ3) is 4.31. The molecule has 1 aromatic carbocycles. The molecule has 0 fully saturated rings. The summed E-state index contributed by atoms with van der Waals surface area (Å²) in [5.74, 6) is -0.882. The van der Waals surface area contributed by atoms with E-state index in [0.29, 0.717) is 23.7 Å². The molecule has 0 unspecified atom stereocenters. The van der Waals surface area contributed by atoms with Crippen LogP contribution in [0, 0.1) is 10.1 Å². The zero-order valence-corrected chi connectivity index (χ0v) is 10.6. The molecule has 0 aliphatic rings. The van der Waals surface area contributed by atoms with Gasteiger partial charge in [-0.05, 0) is 18.7 Å². The van der Waals surface area contributed by atoms with Crippen LogP contribution < -0.4 is 0 Å². The largest absolute Gasteiger partial charge is 0.481 e. The highest BCUT2D eigenvalue weighted by molar-refractivity contribution is 6.31. The van der Waals surface area contributed by atoms with E-state index in [0.717, 1.165) is 0 Å². The van der Waals surface area contributed by atoms with E-state index in [9.17, 15) is 14.9 Å². The summed E-state index contributed by atoms with van der Waals surface area (Å²) in [6, 6.07) is 4.21. The number of benzene rings is 1. The first-order valence-corrected chi connectivity index (χ1v) is 5.61. The lowest BCUT2D eigenvalue weighted by atomic mass is 10.2. The Morgan fingerprint density at radius 3 is 2.78 bits per heavy atom. The fourth-order valence-corrected chi connectivity index (χ4v) is 1.63. The van der Waals surface area contributed by atoms with Gasteiger partial charge in [-0.15, -0.1) is 0 Å². The Morgan fingerprint density at radius 1 is 1.56 bits per heavy atom. The van der Waals surface area contributed by atoms with Crippen molar-refractivity contribution in [3.8, 4) is 0 Å². The van der Waals surface area contributed by atoms with Gasteiger partial charge in [0.2, 0.25) is 0 Å². The molecule has 0 spiro atoms. The first-order chi connectivity index (χ1) is 8.40. The van der Waals surface area contributed by atoms with Crippen molar-refractivity contribution in [2.24, 2.45) is 0 Å². The van der Waals surface area contributed by atoms with Crippen LogP contribution in [0.5, 0.6) is 0 Å². The average molecular weight is 273 g/mol. The van der Waals surface area contributed by atoms with Crippen molar-refractivity contribution < 1.29 is 14.8 Å². The molecule has 7 heteroatoms. The van der Waals surface area contributed by atoms with Gasteiger partial charge >= 0.3 is 5.97 Å². The molecule has 18 heavy (non-hydrogen) atoms. The third-order valence-electron chi connectivity index (χ3n) is 2.39. The van der Waals surface area contributed by atoms with Gasteiger partial charge in [-0.3, -0.25) is 14.9 Å². The Labute approximate surface area is 109 Å². The molecule has 0 bridgehead atoms. The summed E-state index contributed by atoms with van der Waals surface area (Å²) in [6.45, 7) is 0.724. The maximum atomic E-state index is 10.6. The smallest absolute Gasteiger partial charge is 0.304 e. The Bertz CT molecular complexity index is 464. The summed E-state index contributed by atoms with van der Waals surface area (Å²) in [6.07, 6.45) is 0.0169. The number of carbonyl (C=O) groups is 1. The van der Waals surface area contributed by atoms with Crippen molar-refractivity contribution in [1.29, 1.82) is 0 Å². The number of aliphatic carboxylic acids is 1. The fraction of sp³-hybridized carbons (Fsp3) is 0.364. The predicted molar refractivity (Wildman–Crippen MR) is 66.7 cm³/mol. The molecule has 0 saturated heterocycles. The Morgan fingerprint density at radius 2 is 2.22 bits per heavy atom. The second-order valence-corrected chi connectivity index (χ2v) is 4.32. The van der Waals surface area contributed by atoms with Crippen LogP contribution >= 0.6 is 11.6 Å². The summed E-state index contributed by atoms with van der Waals surface area (Å²) in [5, 5.41) is 19.6. The quantitative estimate of drug-likeness (QED) is 0.634. The number of rotatable bonds is 6. The van der Waals surface area contributed by atoms with Crippen LogP contribution in [0.2, 0.25) is 5.02 Å². The van der Waals surface area contributed by atoms with Gasteiger partial charge in [0.05, 0.1) is 11.3 Å². The van der Waals surface area contributed by atoms with Gasteiger partial charge < -0.3 is 10.0 Å². The number of carboxylic acids is 1. The highest BCUT2D eigenvalue weighted by Gasteiger charge is 2.11. The molecule has 0 aliphatic carbocycles. The van der Waals surface area contributed by atoms with Gasteiger partial charge in [-0.1, -0.05) is 11.6 Å². The van der Waals surface area contributed by atoms with Crippen molar-refractivity contribution in [3.63, 3.8) is 0 Å². The van der Waals surface area contributed by atoms with Crippen LogP contribution in [0.25, 0.3) is 0 Å². The van der Waals surface area contributed by atoms with Gasteiger partial charge in [0.1, 0.15) is 0 Å². The number of nitro groups is 1. The highest BCUT2D eigenvalue weighted by atomic mass is 35.5. The predicted octanol–water partition coefficient (Wildman–Crippen LogP) is 2.15. The SMILES string of the molecule is CN(CCC(=O)O)Cc1cc([N+](=O)[O-])ccc1Cl. The molecule has 1 aromatic rings. The average Bonchev–Trinajstić information content (AvgIpc) is 2.29. The number of non-ortho nitro benzene ring substituents is 1. The number of halogens is 1. The molecule has 6 nitrogen and oxygen atoms in total. The summed E-state index contributed by atoms with van der Waals surface area (Å²) < 4.78 is 0. The molecule has 0 saturated carbocycles. The van der Waals surface area contributed by atoms with Crippen LogP contribution in [-0.2, 0) is 11.3 Å². The van der Waals surface area contributed by atoms with E-state index in [1.165, 1.54) is 18.2 Å². The third-order valence-corrected chi connectivity index (χ3v) is 2.76. The van der Waals surface area contributed by atoms with Crippen LogP contribution in [0.1, 0.15) is 12.0 Å². The maximum Gasteiger partial charge on any atom is 0.304 e. The topological polar surface area (TPSA) is 83.7 Å². The van der Waals surface area contributed by atoms with Crippen molar-refractivity contribution in [3.05, 3.63) is 38.9 Å². The molecule has 1 rings (SSSR count). The van der Waals surface area contributed by atoms with E-state index >= 15 is 0 Å². The normalized spacial score (nSPS) is 10.6. The molecule has 0 aliphatic heterocycles. The van der Waals surface area contributed by atoms with E-state index < -0.39 is 10.9 Å². The molecule has 1 N–H and O–H groups in total. The molecule has 0 amide bonds. The summed E-state index contributed by atoms with van der Waals surface area (Å²) in [7, 11) is 1.73. The number of hydrogen-bond acceptors (Lipinski definition) is 4. The molecular formula is C11H13ClN2O4. The van der Waals surface area contributed by atoms with Crippen molar-refractivity contribution in [1.82, 2.24) is 4.90 Å². The maximum absolute atomic E-state index is 10.6. The van der Waals surface area contributed by atoms with Crippen molar-refractivity contribution in [2.45, 2.75) is 13.0 Å². The highest BCUT2D eigenvalue weighted by Crippen LogP contribution is 2.23. The Hall–Kier alpha value is -1.66. The summed E-state index contributed by atoms with van der Waals surface area (Å²) >= 11 is 5.94. The minimum absolute atomic E-state index is 0.0169. The minimum Gasteiger partial charge on any atom is -0.481 e. The lowest BCUT2D eigenvalue weighted by molar-refractivity contribution is -0.384. The molecule has 0 atom stereocenters. The minimum atomic E-state index is -0.882. The van der Waals surface area contributed by atoms with E-state index in [1.54, 1.807) is 11.9 Å². The van der Waals surface area contributed by atoms with Crippen LogP contribution in [0.15, 0.2) is 18.2 Å². The number of nitro benzene ring substituents is 1. The summed E-state index contributed by atoms with van der Waals surface area (Å²) in [4.78, 5) is 22.3. The van der Waals surface area contributed by atoms with Gasteiger partial charge in [-0.2, -0.15) is 0 Å². The number of hydrogen-bond donors (Lipinski definition) is 1. The van der Waals surface area contributed by atoms with Gasteiger partial charge in [0, 0.05) is 30.2 Å².